The van der Waals surface area contributed by atoms with Crippen LogP contribution in [-0.4, -0.2) is 48.7 Å². The first-order valence-electron chi connectivity index (χ1n) is 11.8. The van der Waals surface area contributed by atoms with E-state index in [2.05, 4.69) is 22.8 Å². The van der Waals surface area contributed by atoms with Crippen molar-refractivity contribution in [1.29, 1.82) is 0 Å². The first kappa shape index (κ1) is 26.8. The summed E-state index contributed by atoms with van der Waals surface area (Å²) in [4.78, 5) is 38.6. The van der Waals surface area contributed by atoms with E-state index < -0.39 is 35.3 Å². The van der Waals surface area contributed by atoms with Crippen LogP contribution >= 0.6 is 0 Å². The fraction of sp³-hybridized carbons (Fsp3) is 0.640. The van der Waals surface area contributed by atoms with Crippen LogP contribution in [0.5, 0.6) is 0 Å². The minimum Gasteiger partial charge on any atom is -0.367 e. The lowest BCUT2D eigenvalue weighted by Gasteiger charge is -2.34. The molecule has 4 N–H and O–H groups in total. The number of rotatable bonds is 10. The van der Waals surface area contributed by atoms with Crippen LogP contribution in [0.1, 0.15) is 58.1 Å². The van der Waals surface area contributed by atoms with Gasteiger partial charge in [-0.15, -0.1) is 0 Å². The van der Waals surface area contributed by atoms with E-state index in [-0.39, 0.29) is 18.4 Å². The van der Waals surface area contributed by atoms with E-state index in [0.29, 0.717) is 12.8 Å². The average molecular weight is 462 g/mol. The number of hydroxylamine groups is 1. The number of benzene rings is 1. The summed E-state index contributed by atoms with van der Waals surface area (Å²) in [5.41, 5.74) is 3.69. The topological polar surface area (TPSA) is 117 Å². The van der Waals surface area contributed by atoms with Crippen molar-refractivity contribution in [3.63, 3.8) is 0 Å². The first-order chi connectivity index (χ1) is 15.6. The molecule has 0 aliphatic heterocycles. The highest BCUT2D eigenvalue weighted by Gasteiger charge is 2.40. The lowest BCUT2D eigenvalue weighted by Crippen LogP contribution is -2.56. The van der Waals surface area contributed by atoms with Gasteiger partial charge in [0, 0.05) is 13.7 Å². The van der Waals surface area contributed by atoms with Crippen LogP contribution in [0.3, 0.4) is 0 Å². The average Bonchev–Trinajstić information content (AvgIpc) is 2.80. The number of amides is 3. The number of carbonyl (C=O) groups is 3. The summed E-state index contributed by atoms with van der Waals surface area (Å²) < 4.78 is 5.76. The van der Waals surface area contributed by atoms with E-state index >= 15 is 0 Å². The molecule has 0 fully saturated rings. The van der Waals surface area contributed by atoms with Gasteiger partial charge in [-0.2, -0.15) is 0 Å². The number of hydrogen-bond acceptors (Lipinski definition) is 5. The Balaban J connectivity index is 2.31. The lowest BCUT2D eigenvalue weighted by molar-refractivity contribution is -0.152. The Bertz CT molecular complexity index is 821. The zero-order chi connectivity index (χ0) is 24.6. The van der Waals surface area contributed by atoms with Crippen molar-refractivity contribution in [1.82, 2.24) is 16.1 Å². The Morgan fingerprint density at radius 1 is 1.12 bits per heavy atom. The van der Waals surface area contributed by atoms with Gasteiger partial charge in [0.1, 0.15) is 12.1 Å². The first-order valence-corrected chi connectivity index (χ1v) is 11.8. The Morgan fingerprint density at radius 2 is 1.79 bits per heavy atom. The van der Waals surface area contributed by atoms with Crippen LogP contribution in [0.4, 0.5) is 0 Å². The highest BCUT2D eigenvalue weighted by Crippen LogP contribution is 2.32. The zero-order valence-corrected chi connectivity index (χ0v) is 20.4. The number of ether oxygens (including phenoxy) is 1. The summed E-state index contributed by atoms with van der Waals surface area (Å²) in [6.45, 7) is 7.78. The molecule has 1 aromatic carbocycles. The van der Waals surface area contributed by atoms with Crippen LogP contribution in [0.25, 0.3) is 0 Å². The molecule has 4 unspecified atom stereocenters. The van der Waals surface area contributed by atoms with Gasteiger partial charge in [-0.3, -0.25) is 19.6 Å². The molecule has 1 aromatic rings. The molecule has 8 nitrogen and oxygen atoms in total. The van der Waals surface area contributed by atoms with Crippen LogP contribution in [-0.2, 0) is 32.0 Å². The molecular weight excluding hydrogens is 422 g/mol. The molecule has 0 spiro atoms. The number of hydrogen-bond donors (Lipinski definition) is 4. The number of carbonyl (C=O) groups excluding carboxylic acids is 3. The summed E-state index contributed by atoms with van der Waals surface area (Å²) in [6.07, 6.45) is 2.51. The summed E-state index contributed by atoms with van der Waals surface area (Å²) in [5, 5.41) is 14.8. The van der Waals surface area contributed by atoms with E-state index in [1.165, 1.54) is 18.2 Å². The molecule has 0 heterocycles. The third-order valence-corrected chi connectivity index (χ3v) is 6.27. The maximum absolute atomic E-state index is 13.5. The number of aryl methyl sites for hydroxylation is 1. The molecule has 0 radical (unpaired) electrons. The minimum absolute atomic E-state index is 0.169. The number of fused-ring (bicyclic) bond motifs is 1. The molecule has 2 rings (SSSR count). The van der Waals surface area contributed by atoms with E-state index in [1.54, 1.807) is 5.48 Å². The zero-order valence-electron chi connectivity index (χ0n) is 20.4. The Hall–Kier alpha value is -2.45. The van der Waals surface area contributed by atoms with Crippen molar-refractivity contribution in [2.24, 2.45) is 17.3 Å². The van der Waals surface area contributed by atoms with Gasteiger partial charge < -0.3 is 15.4 Å². The smallest absolute Gasteiger partial charge is 0.273 e. The molecule has 0 saturated heterocycles. The fourth-order valence-corrected chi connectivity index (χ4v) is 4.45. The molecule has 1 aliphatic rings. The molecule has 1 aliphatic carbocycles. The Morgan fingerprint density at radius 3 is 2.36 bits per heavy atom. The van der Waals surface area contributed by atoms with Crippen molar-refractivity contribution in [3.05, 3.63) is 35.4 Å². The van der Waals surface area contributed by atoms with Crippen molar-refractivity contribution < 1.29 is 24.3 Å². The molecule has 184 valence electrons. The van der Waals surface area contributed by atoms with Gasteiger partial charge >= 0.3 is 0 Å². The Kier molecular flexibility index (Phi) is 9.86. The molecule has 3 amide bonds. The highest BCUT2D eigenvalue weighted by atomic mass is 16.5. The van der Waals surface area contributed by atoms with Gasteiger partial charge in [0.15, 0.2) is 0 Å². The van der Waals surface area contributed by atoms with Crippen molar-refractivity contribution >= 4 is 17.7 Å². The lowest BCUT2D eigenvalue weighted by atomic mass is 9.77. The van der Waals surface area contributed by atoms with E-state index in [9.17, 15) is 19.6 Å². The molecular formula is C25H39N3O5. The van der Waals surface area contributed by atoms with Gasteiger partial charge in [0.05, 0.1) is 5.92 Å². The summed E-state index contributed by atoms with van der Waals surface area (Å²) >= 11 is 0. The van der Waals surface area contributed by atoms with E-state index in [1.807, 2.05) is 39.8 Å². The maximum atomic E-state index is 13.5. The fourth-order valence-electron chi connectivity index (χ4n) is 4.45. The molecule has 33 heavy (non-hydrogen) atoms. The summed E-state index contributed by atoms with van der Waals surface area (Å²) in [6, 6.07) is 7.48. The van der Waals surface area contributed by atoms with Crippen LogP contribution in [0.15, 0.2) is 24.3 Å². The van der Waals surface area contributed by atoms with Crippen molar-refractivity contribution in [2.45, 2.75) is 71.9 Å². The largest absolute Gasteiger partial charge is 0.367 e. The predicted molar refractivity (Wildman–Crippen MR) is 125 cm³/mol. The summed E-state index contributed by atoms with van der Waals surface area (Å²) in [7, 11) is 1.52. The third kappa shape index (κ3) is 7.27. The molecule has 8 heteroatoms. The van der Waals surface area contributed by atoms with Crippen LogP contribution in [0, 0.1) is 17.3 Å². The van der Waals surface area contributed by atoms with Gasteiger partial charge in [-0.25, -0.2) is 5.48 Å². The van der Waals surface area contributed by atoms with Gasteiger partial charge in [0.25, 0.3) is 5.91 Å². The summed E-state index contributed by atoms with van der Waals surface area (Å²) in [5.74, 6) is -2.18. The molecule has 0 saturated carbocycles. The number of likely N-dealkylation sites (N-methyl/N-ethyl adjacent to an activating group) is 1. The second-order valence-corrected chi connectivity index (χ2v) is 9.91. The third-order valence-electron chi connectivity index (χ3n) is 6.27. The monoisotopic (exact) mass is 461 g/mol. The standard InChI is InChI=1S/C25H39N3O5/c1-6-13-33-20(23(30)28-32)19(22(29)27-21(24(31)26-5)25(2,3)4)15-16-11-12-17-9-7-8-10-18(17)14-16/h7-10,16,19-21,32H,6,11-15H2,1-5H3,(H,26,31)(H,27,29)(H,28,30). The highest BCUT2D eigenvalue weighted by molar-refractivity contribution is 5.92. The Labute approximate surface area is 196 Å². The van der Waals surface area contributed by atoms with E-state index in [0.717, 1.165) is 19.3 Å². The quantitative estimate of drug-likeness (QED) is 0.315. The van der Waals surface area contributed by atoms with Crippen LogP contribution in [0.2, 0.25) is 0 Å². The van der Waals surface area contributed by atoms with E-state index in [4.69, 9.17) is 4.74 Å². The second kappa shape index (κ2) is 12.1. The van der Waals surface area contributed by atoms with Gasteiger partial charge in [-0.1, -0.05) is 52.0 Å². The molecule has 0 bridgehead atoms. The maximum Gasteiger partial charge on any atom is 0.273 e. The molecule has 0 aromatic heterocycles. The van der Waals surface area contributed by atoms with Crippen LogP contribution < -0.4 is 16.1 Å². The SMILES string of the molecule is CCCOC(C(=O)NO)C(CC1CCc2ccccc2C1)C(=O)NC(C(=O)NC)C(C)(C)C. The second-order valence-electron chi connectivity index (χ2n) is 9.91. The predicted octanol–water partition coefficient (Wildman–Crippen LogP) is 2.38. The van der Waals surface area contributed by atoms with Crippen molar-refractivity contribution in [3.8, 4) is 0 Å². The van der Waals surface area contributed by atoms with Gasteiger partial charge in [-0.05, 0) is 54.6 Å². The van der Waals surface area contributed by atoms with Gasteiger partial charge in [0.2, 0.25) is 11.8 Å². The van der Waals surface area contributed by atoms with Crippen molar-refractivity contribution in [2.75, 3.05) is 13.7 Å². The normalized spacial score (nSPS) is 18.4. The number of nitrogens with one attached hydrogen (secondary N) is 3. The minimum atomic E-state index is -1.16. The molecule has 4 atom stereocenters.